The number of nitrogens with one attached hydrogen (secondary N) is 1. The molecule has 4 aromatic rings. The third kappa shape index (κ3) is 2.74. The Balaban J connectivity index is 1.58. The van der Waals surface area contributed by atoms with Gasteiger partial charge in [-0.3, -0.25) is 4.57 Å². The summed E-state index contributed by atoms with van der Waals surface area (Å²) in [7, 11) is 0. The highest BCUT2D eigenvalue weighted by molar-refractivity contribution is 5.88. The summed E-state index contributed by atoms with van der Waals surface area (Å²) in [5.41, 5.74) is 2.05. The van der Waals surface area contributed by atoms with Gasteiger partial charge in [0.1, 0.15) is 24.3 Å². The second kappa shape index (κ2) is 5.84. The van der Waals surface area contributed by atoms with Gasteiger partial charge in [0.15, 0.2) is 0 Å². The van der Waals surface area contributed by atoms with E-state index < -0.39 is 0 Å². The molecule has 6 nitrogen and oxygen atoms in total. The number of rotatable bonds is 4. The molecule has 0 saturated carbocycles. The Morgan fingerprint density at radius 1 is 1.00 bits per heavy atom. The van der Waals surface area contributed by atoms with Crippen LogP contribution in [0, 0.1) is 0 Å². The second-order valence-electron chi connectivity index (χ2n) is 5.09. The summed E-state index contributed by atoms with van der Waals surface area (Å²) < 4.78 is 1.88. The predicted molar refractivity (Wildman–Crippen MR) is 88.2 cm³/mol. The molecule has 0 bridgehead atoms. The molecule has 1 aromatic carbocycles. The van der Waals surface area contributed by atoms with Gasteiger partial charge in [-0.1, -0.05) is 12.1 Å². The van der Waals surface area contributed by atoms with E-state index in [2.05, 4.69) is 25.3 Å². The number of aromatic nitrogens is 5. The number of hydrogen-bond acceptors (Lipinski definition) is 5. The molecule has 23 heavy (non-hydrogen) atoms. The monoisotopic (exact) mass is 302 g/mol. The van der Waals surface area contributed by atoms with Crippen molar-refractivity contribution in [3.63, 3.8) is 0 Å². The Kier molecular flexibility index (Phi) is 3.40. The van der Waals surface area contributed by atoms with Crippen molar-refractivity contribution in [2.24, 2.45) is 0 Å². The Labute approximate surface area is 132 Å². The number of benzene rings is 1. The van der Waals surface area contributed by atoms with Crippen molar-refractivity contribution in [3.05, 3.63) is 73.2 Å². The van der Waals surface area contributed by atoms with Crippen LogP contribution in [0.3, 0.4) is 0 Å². The average Bonchev–Trinajstić information content (AvgIpc) is 3.15. The minimum atomic E-state index is 0.658. The Hall–Kier alpha value is -3.28. The Bertz CT molecular complexity index is 927. The van der Waals surface area contributed by atoms with Gasteiger partial charge in [-0.15, -0.1) is 0 Å². The molecule has 6 heteroatoms. The predicted octanol–water partition coefficient (Wildman–Crippen LogP) is 2.82. The molecular weight excluding hydrogens is 288 g/mol. The second-order valence-corrected chi connectivity index (χ2v) is 5.09. The summed E-state index contributed by atoms with van der Waals surface area (Å²) in [4.78, 5) is 17.0. The molecular formula is C17H14N6. The van der Waals surface area contributed by atoms with Gasteiger partial charge in [0.2, 0.25) is 0 Å². The van der Waals surface area contributed by atoms with Gasteiger partial charge in [0.25, 0.3) is 0 Å². The first kappa shape index (κ1) is 13.4. The molecule has 0 amide bonds. The van der Waals surface area contributed by atoms with E-state index in [-0.39, 0.29) is 0 Å². The van der Waals surface area contributed by atoms with Crippen molar-refractivity contribution < 1.29 is 0 Å². The molecule has 0 aliphatic heterocycles. The van der Waals surface area contributed by atoms with Crippen LogP contribution in [-0.4, -0.2) is 24.5 Å². The highest BCUT2D eigenvalue weighted by atomic mass is 15.1. The van der Waals surface area contributed by atoms with Crippen LogP contribution in [0.25, 0.3) is 16.7 Å². The third-order valence-corrected chi connectivity index (χ3v) is 3.58. The number of imidazole rings is 1. The van der Waals surface area contributed by atoms with Crippen molar-refractivity contribution in [3.8, 4) is 5.82 Å². The Morgan fingerprint density at radius 2 is 1.96 bits per heavy atom. The standard InChI is InChI=1S/C17H14N6/c1-2-4-15-14(3-1)17(22-11-21-15)20-10-13-5-6-19-16(9-13)23-8-7-18-12-23/h1-9,11-12H,10H2,(H,20,21,22). The number of fused-ring (bicyclic) bond motifs is 1. The number of hydrogen-bond donors (Lipinski definition) is 1. The van der Waals surface area contributed by atoms with Crippen molar-refractivity contribution in [2.75, 3.05) is 5.32 Å². The van der Waals surface area contributed by atoms with E-state index in [1.807, 2.05) is 47.2 Å². The van der Waals surface area contributed by atoms with Crippen molar-refractivity contribution in [1.82, 2.24) is 24.5 Å². The van der Waals surface area contributed by atoms with Crippen LogP contribution in [0.4, 0.5) is 5.82 Å². The van der Waals surface area contributed by atoms with Crippen LogP contribution in [0.15, 0.2) is 67.6 Å². The molecule has 3 aromatic heterocycles. The molecule has 3 heterocycles. The minimum absolute atomic E-state index is 0.658. The van der Waals surface area contributed by atoms with Crippen molar-refractivity contribution in [2.45, 2.75) is 6.54 Å². The third-order valence-electron chi connectivity index (χ3n) is 3.58. The van der Waals surface area contributed by atoms with Gasteiger partial charge >= 0.3 is 0 Å². The van der Waals surface area contributed by atoms with Crippen LogP contribution in [0.5, 0.6) is 0 Å². The maximum atomic E-state index is 4.36. The molecule has 1 N–H and O–H groups in total. The number of nitrogens with zero attached hydrogens (tertiary/aromatic N) is 5. The van der Waals surface area contributed by atoms with Crippen molar-refractivity contribution in [1.29, 1.82) is 0 Å². The van der Waals surface area contributed by atoms with Gasteiger partial charge in [-0.05, 0) is 29.8 Å². The highest BCUT2D eigenvalue weighted by Gasteiger charge is 2.04. The number of para-hydroxylation sites is 1. The maximum absolute atomic E-state index is 4.36. The molecule has 0 atom stereocenters. The molecule has 0 radical (unpaired) electrons. The first-order valence-electron chi connectivity index (χ1n) is 7.27. The molecule has 0 saturated heterocycles. The van der Waals surface area contributed by atoms with Gasteiger partial charge in [0, 0.05) is 30.5 Å². The lowest BCUT2D eigenvalue weighted by Gasteiger charge is -2.09. The number of anilines is 1. The zero-order chi connectivity index (χ0) is 15.5. The molecule has 4 rings (SSSR count). The summed E-state index contributed by atoms with van der Waals surface area (Å²) in [5.74, 6) is 1.67. The van der Waals surface area contributed by atoms with E-state index in [0.29, 0.717) is 6.54 Å². The summed E-state index contributed by atoms with van der Waals surface area (Å²) in [5, 5.41) is 4.39. The van der Waals surface area contributed by atoms with Crippen LogP contribution in [0.2, 0.25) is 0 Å². The summed E-state index contributed by atoms with van der Waals surface area (Å²) in [6, 6.07) is 12.0. The fourth-order valence-corrected chi connectivity index (χ4v) is 2.44. The largest absolute Gasteiger partial charge is 0.365 e. The van der Waals surface area contributed by atoms with Crippen LogP contribution >= 0.6 is 0 Å². The lowest BCUT2D eigenvalue weighted by atomic mass is 10.2. The van der Waals surface area contributed by atoms with Gasteiger partial charge in [-0.25, -0.2) is 19.9 Å². The smallest absolute Gasteiger partial charge is 0.138 e. The lowest BCUT2D eigenvalue weighted by molar-refractivity contribution is 0.977. The van der Waals surface area contributed by atoms with Crippen LogP contribution in [-0.2, 0) is 6.54 Å². The average molecular weight is 302 g/mol. The van der Waals surface area contributed by atoms with Gasteiger partial charge in [0.05, 0.1) is 5.52 Å². The molecule has 0 aliphatic rings. The quantitative estimate of drug-likeness (QED) is 0.628. The topological polar surface area (TPSA) is 68.5 Å². The lowest BCUT2D eigenvalue weighted by Crippen LogP contribution is -2.04. The number of pyridine rings is 1. The van der Waals surface area contributed by atoms with E-state index in [1.165, 1.54) is 0 Å². The first-order valence-corrected chi connectivity index (χ1v) is 7.27. The Morgan fingerprint density at radius 3 is 2.87 bits per heavy atom. The zero-order valence-corrected chi connectivity index (χ0v) is 12.3. The minimum Gasteiger partial charge on any atom is -0.365 e. The van der Waals surface area contributed by atoms with E-state index in [4.69, 9.17) is 0 Å². The molecule has 0 spiro atoms. The maximum Gasteiger partial charge on any atom is 0.138 e. The normalized spacial score (nSPS) is 10.8. The first-order chi connectivity index (χ1) is 11.4. The molecule has 0 aliphatic carbocycles. The van der Waals surface area contributed by atoms with Gasteiger partial charge in [-0.2, -0.15) is 0 Å². The van der Waals surface area contributed by atoms with E-state index in [9.17, 15) is 0 Å². The SMILES string of the molecule is c1ccc2c(NCc3ccnc(-n4ccnc4)c3)ncnc2c1. The summed E-state index contributed by atoms with van der Waals surface area (Å²) in [6.07, 6.45) is 8.72. The summed E-state index contributed by atoms with van der Waals surface area (Å²) >= 11 is 0. The molecule has 0 fully saturated rings. The fourth-order valence-electron chi connectivity index (χ4n) is 2.44. The molecule has 0 unspecified atom stereocenters. The van der Waals surface area contributed by atoms with Crippen LogP contribution in [0.1, 0.15) is 5.56 Å². The van der Waals surface area contributed by atoms with E-state index >= 15 is 0 Å². The van der Waals surface area contributed by atoms with Gasteiger partial charge < -0.3 is 5.32 Å². The van der Waals surface area contributed by atoms with Crippen LogP contribution < -0.4 is 5.32 Å². The van der Waals surface area contributed by atoms with E-state index in [1.54, 1.807) is 25.0 Å². The highest BCUT2D eigenvalue weighted by Crippen LogP contribution is 2.19. The fraction of sp³-hybridized carbons (Fsp3) is 0.0588. The summed E-state index contributed by atoms with van der Waals surface area (Å²) in [6.45, 7) is 0.658. The zero-order valence-electron chi connectivity index (χ0n) is 12.3. The van der Waals surface area contributed by atoms with E-state index in [0.717, 1.165) is 28.1 Å². The van der Waals surface area contributed by atoms with Crippen molar-refractivity contribution >= 4 is 16.7 Å². The molecule has 112 valence electrons.